The standard InChI is InChI=1S/C20H19OS.CHF3O3S/c1-2-21-17-13-15-20(16-14-17)22(18-9-5-3-6-10-18)19-11-7-4-8-12-19;2-1(3,4)8(5,6)7/h3-16H,2H2,1H3;(H,5,6,7)/q+1;/p-1. The highest BCUT2D eigenvalue weighted by molar-refractivity contribution is 7.97. The summed E-state index contributed by atoms with van der Waals surface area (Å²) in [6.45, 7) is 2.70. The molecule has 160 valence electrons. The van der Waals surface area contributed by atoms with Crippen LogP contribution in [-0.4, -0.2) is 25.1 Å². The van der Waals surface area contributed by atoms with Gasteiger partial charge in [-0.2, -0.15) is 13.2 Å². The lowest BCUT2D eigenvalue weighted by Crippen LogP contribution is -2.21. The summed E-state index contributed by atoms with van der Waals surface area (Å²) in [6, 6.07) is 29.8. The van der Waals surface area contributed by atoms with Crippen molar-refractivity contribution in [2.75, 3.05) is 6.61 Å². The van der Waals surface area contributed by atoms with E-state index in [4.69, 9.17) is 17.7 Å². The molecule has 0 radical (unpaired) electrons. The van der Waals surface area contributed by atoms with Crippen LogP contribution < -0.4 is 4.74 Å². The third-order valence-corrected chi connectivity index (χ3v) is 6.41. The second kappa shape index (κ2) is 10.5. The van der Waals surface area contributed by atoms with Crippen LogP contribution in [0, 0.1) is 0 Å². The summed E-state index contributed by atoms with van der Waals surface area (Å²) in [6.07, 6.45) is 0. The molecular formula is C21H19F3O4S2. The average Bonchev–Trinajstić information content (AvgIpc) is 2.70. The maximum atomic E-state index is 10.7. The highest BCUT2D eigenvalue weighted by Gasteiger charge is 2.37. The fourth-order valence-corrected chi connectivity index (χ4v) is 4.44. The molecule has 0 saturated heterocycles. The Labute approximate surface area is 176 Å². The summed E-state index contributed by atoms with van der Waals surface area (Å²) >= 11 is 0. The molecule has 0 fully saturated rings. The first-order chi connectivity index (χ1) is 14.1. The smallest absolute Gasteiger partial charge is 0.485 e. The molecule has 0 atom stereocenters. The second-order valence-electron chi connectivity index (χ2n) is 5.74. The van der Waals surface area contributed by atoms with Gasteiger partial charge in [-0.1, -0.05) is 36.4 Å². The number of alkyl halides is 3. The van der Waals surface area contributed by atoms with Crippen molar-refractivity contribution in [2.24, 2.45) is 0 Å². The molecule has 0 heterocycles. The van der Waals surface area contributed by atoms with Gasteiger partial charge >= 0.3 is 5.51 Å². The van der Waals surface area contributed by atoms with Gasteiger partial charge in [-0.3, -0.25) is 0 Å². The maximum Gasteiger partial charge on any atom is 0.485 e. The highest BCUT2D eigenvalue weighted by atomic mass is 32.2. The predicted molar refractivity (Wildman–Crippen MR) is 108 cm³/mol. The molecule has 0 aliphatic carbocycles. The molecule has 30 heavy (non-hydrogen) atoms. The van der Waals surface area contributed by atoms with E-state index < -0.39 is 15.6 Å². The Kier molecular flexibility index (Phi) is 8.33. The van der Waals surface area contributed by atoms with E-state index >= 15 is 0 Å². The van der Waals surface area contributed by atoms with Crippen LogP contribution in [0.3, 0.4) is 0 Å². The van der Waals surface area contributed by atoms with Crippen LogP contribution in [-0.2, 0) is 21.0 Å². The number of benzene rings is 3. The lowest BCUT2D eigenvalue weighted by Gasteiger charge is -2.08. The zero-order valence-electron chi connectivity index (χ0n) is 15.9. The van der Waals surface area contributed by atoms with Gasteiger partial charge in [-0.25, -0.2) is 8.42 Å². The largest absolute Gasteiger partial charge is 0.741 e. The minimum atomic E-state index is -6.09. The monoisotopic (exact) mass is 456 g/mol. The molecular weight excluding hydrogens is 437 g/mol. The molecule has 0 amide bonds. The molecule has 3 aromatic carbocycles. The number of halogens is 3. The Balaban J connectivity index is 0.000000343. The lowest BCUT2D eigenvalue weighted by molar-refractivity contribution is -0.0517. The Hall–Kier alpha value is -2.49. The molecule has 0 N–H and O–H groups in total. The van der Waals surface area contributed by atoms with Crippen molar-refractivity contribution in [3.63, 3.8) is 0 Å². The van der Waals surface area contributed by atoms with Crippen molar-refractivity contribution in [1.82, 2.24) is 0 Å². The molecule has 0 unspecified atom stereocenters. The van der Waals surface area contributed by atoms with Crippen molar-refractivity contribution in [3.8, 4) is 5.75 Å². The Morgan fingerprint density at radius 1 is 0.800 bits per heavy atom. The van der Waals surface area contributed by atoms with Crippen molar-refractivity contribution < 1.29 is 30.9 Å². The topological polar surface area (TPSA) is 66.4 Å². The fourth-order valence-electron chi connectivity index (χ4n) is 2.36. The molecule has 4 nitrogen and oxygen atoms in total. The van der Waals surface area contributed by atoms with Crippen LogP contribution in [0.5, 0.6) is 5.75 Å². The number of rotatable bonds is 5. The van der Waals surface area contributed by atoms with Gasteiger partial charge in [0.15, 0.2) is 24.8 Å². The quantitative estimate of drug-likeness (QED) is 0.300. The van der Waals surface area contributed by atoms with Gasteiger partial charge in [-0.15, -0.1) is 0 Å². The molecule has 0 saturated carbocycles. The van der Waals surface area contributed by atoms with Crippen LogP contribution in [0.25, 0.3) is 0 Å². The fraction of sp³-hybridized carbons (Fsp3) is 0.143. The Morgan fingerprint density at radius 3 is 1.50 bits per heavy atom. The van der Waals surface area contributed by atoms with Gasteiger partial charge in [0.1, 0.15) is 5.75 Å². The van der Waals surface area contributed by atoms with Gasteiger partial charge in [0, 0.05) is 0 Å². The van der Waals surface area contributed by atoms with Crippen LogP contribution in [0.15, 0.2) is 99.6 Å². The number of hydrogen-bond donors (Lipinski definition) is 0. The van der Waals surface area contributed by atoms with E-state index in [1.807, 2.05) is 6.92 Å². The van der Waals surface area contributed by atoms with Crippen molar-refractivity contribution >= 4 is 21.0 Å². The van der Waals surface area contributed by atoms with Gasteiger partial charge in [0.25, 0.3) is 0 Å². The molecule has 0 spiro atoms. The van der Waals surface area contributed by atoms with E-state index in [2.05, 4.69) is 84.9 Å². The summed E-state index contributed by atoms with van der Waals surface area (Å²) in [5.74, 6) is 0.927. The number of hydrogen-bond acceptors (Lipinski definition) is 4. The highest BCUT2D eigenvalue weighted by Crippen LogP contribution is 2.31. The van der Waals surface area contributed by atoms with E-state index in [9.17, 15) is 13.2 Å². The average molecular weight is 457 g/mol. The van der Waals surface area contributed by atoms with Crippen LogP contribution in [0.2, 0.25) is 0 Å². The van der Waals surface area contributed by atoms with Crippen molar-refractivity contribution in [3.05, 3.63) is 84.9 Å². The van der Waals surface area contributed by atoms with Crippen LogP contribution in [0.4, 0.5) is 13.2 Å². The minimum absolute atomic E-state index is 0.0824. The van der Waals surface area contributed by atoms with Crippen molar-refractivity contribution in [1.29, 1.82) is 0 Å². The van der Waals surface area contributed by atoms with Gasteiger partial charge in [0.05, 0.1) is 17.5 Å². The minimum Gasteiger partial charge on any atom is -0.741 e. The number of ether oxygens (including phenoxy) is 1. The summed E-state index contributed by atoms with van der Waals surface area (Å²) < 4.78 is 64.5. The van der Waals surface area contributed by atoms with E-state index in [0.29, 0.717) is 6.61 Å². The molecule has 0 bridgehead atoms. The Morgan fingerprint density at radius 2 is 1.17 bits per heavy atom. The second-order valence-corrected chi connectivity index (χ2v) is 9.13. The van der Waals surface area contributed by atoms with Gasteiger partial charge < -0.3 is 9.29 Å². The SMILES string of the molecule is CCOc1ccc([S+](c2ccccc2)c2ccccc2)cc1.O=S(=O)([O-])C(F)(F)F. The van der Waals surface area contributed by atoms with E-state index in [0.717, 1.165) is 5.75 Å². The molecule has 3 rings (SSSR count). The predicted octanol–water partition coefficient (Wildman–Crippen LogP) is 5.23. The zero-order valence-corrected chi connectivity index (χ0v) is 17.5. The first-order valence-electron chi connectivity index (χ1n) is 8.73. The first kappa shape index (κ1) is 23.8. The van der Waals surface area contributed by atoms with E-state index in [-0.39, 0.29) is 10.9 Å². The van der Waals surface area contributed by atoms with E-state index in [1.54, 1.807) is 0 Å². The molecule has 0 aliphatic heterocycles. The van der Waals surface area contributed by atoms with Gasteiger partial charge in [-0.05, 0) is 55.5 Å². The molecule has 0 aliphatic rings. The third kappa shape index (κ3) is 6.79. The molecule has 3 aromatic rings. The summed E-state index contributed by atoms with van der Waals surface area (Å²) in [7, 11) is -6.17. The maximum absolute atomic E-state index is 10.7. The van der Waals surface area contributed by atoms with Crippen LogP contribution >= 0.6 is 0 Å². The summed E-state index contributed by atoms with van der Waals surface area (Å²) in [5, 5.41) is 0. The molecule has 9 heteroatoms. The summed E-state index contributed by atoms with van der Waals surface area (Å²) in [4.78, 5) is 3.97. The van der Waals surface area contributed by atoms with Crippen molar-refractivity contribution in [2.45, 2.75) is 27.1 Å². The Bertz CT molecular complexity index is 968. The van der Waals surface area contributed by atoms with Crippen LogP contribution in [0.1, 0.15) is 6.92 Å². The zero-order chi connectivity index (χ0) is 22.2. The normalized spacial score (nSPS) is 11.5. The van der Waals surface area contributed by atoms with E-state index in [1.165, 1.54) is 14.7 Å². The summed E-state index contributed by atoms with van der Waals surface area (Å²) in [5.41, 5.74) is -5.65. The first-order valence-corrected chi connectivity index (χ1v) is 11.4. The third-order valence-electron chi connectivity index (χ3n) is 3.61. The van der Waals surface area contributed by atoms with Gasteiger partial charge in [0.2, 0.25) is 0 Å². The molecule has 0 aromatic heterocycles. The lowest BCUT2D eigenvalue weighted by atomic mass is 10.3.